The first kappa shape index (κ1) is 15.2. The van der Waals surface area contributed by atoms with Gasteiger partial charge in [-0.1, -0.05) is 6.07 Å². The van der Waals surface area contributed by atoms with Crippen LogP contribution in [-0.4, -0.2) is 28.9 Å². The van der Waals surface area contributed by atoms with Crippen LogP contribution in [0.15, 0.2) is 34.7 Å². The van der Waals surface area contributed by atoms with Crippen molar-refractivity contribution in [2.75, 3.05) is 0 Å². The van der Waals surface area contributed by atoms with Gasteiger partial charge in [0.2, 0.25) is 10.0 Å². The van der Waals surface area contributed by atoms with E-state index in [1.165, 1.54) is 27.9 Å². The van der Waals surface area contributed by atoms with Crippen LogP contribution >= 0.6 is 11.3 Å². The van der Waals surface area contributed by atoms with Gasteiger partial charge in [-0.25, -0.2) is 8.42 Å². The molecule has 5 nitrogen and oxygen atoms in total. The zero-order valence-corrected chi connectivity index (χ0v) is 13.0. The summed E-state index contributed by atoms with van der Waals surface area (Å²) in [5, 5.41) is 11.0. The summed E-state index contributed by atoms with van der Waals surface area (Å²) in [6, 6.07) is 5.16. The SMILES string of the molecule is CC(C)N(Cc1cccs1)S(=O)(=O)c1c[nH]c(CO)c1. The van der Waals surface area contributed by atoms with Crippen LogP contribution in [0, 0.1) is 0 Å². The van der Waals surface area contributed by atoms with Crippen LogP contribution < -0.4 is 0 Å². The van der Waals surface area contributed by atoms with Crippen LogP contribution in [-0.2, 0) is 23.2 Å². The molecule has 2 aromatic rings. The maximum atomic E-state index is 12.7. The van der Waals surface area contributed by atoms with E-state index in [1.807, 2.05) is 31.4 Å². The molecular weight excluding hydrogens is 296 g/mol. The number of nitrogens with one attached hydrogen (secondary N) is 1. The molecule has 0 aliphatic carbocycles. The van der Waals surface area contributed by atoms with Crippen molar-refractivity contribution in [1.29, 1.82) is 0 Å². The summed E-state index contributed by atoms with van der Waals surface area (Å²) >= 11 is 1.54. The van der Waals surface area contributed by atoms with Crippen molar-refractivity contribution in [3.63, 3.8) is 0 Å². The summed E-state index contributed by atoms with van der Waals surface area (Å²) in [5.41, 5.74) is 0.489. The number of H-pyrrole nitrogens is 1. The fraction of sp³-hybridized carbons (Fsp3) is 0.385. The quantitative estimate of drug-likeness (QED) is 0.858. The fourth-order valence-corrected chi connectivity index (χ4v) is 4.31. The van der Waals surface area contributed by atoms with Gasteiger partial charge < -0.3 is 10.1 Å². The Morgan fingerprint density at radius 2 is 2.20 bits per heavy atom. The molecule has 20 heavy (non-hydrogen) atoms. The summed E-state index contributed by atoms with van der Waals surface area (Å²) < 4.78 is 26.8. The lowest BCUT2D eigenvalue weighted by atomic mass is 10.4. The number of aliphatic hydroxyl groups is 1. The third-order valence-corrected chi connectivity index (χ3v) is 5.82. The largest absolute Gasteiger partial charge is 0.390 e. The van der Waals surface area contributed by atoms with E-state index >= 15 is 0 Å². The van der Waals surface area contributed by atoms with Gasteiger partial charge in [0.05, 0.1) is 11.5 Å². The van der Waals surface area contributed by atoms with E-state index in [2.05, 4.69) is 4.98 Å². The second-order valence-electron chi connectivity index (χ2n) is 4.74. The van der Waals surface area contributed by atoms with Crippen molar-refractivity contribution in [2.24, 2.45) is 0 Å². The number of hydrogen-bond donors (Lipinski definition) is 2. The standard InChI is InChI=1S/C13H18N2O3S2/c1-10(2)15(8-12-4-3-5-19-12)20(17,18)13-6-11(9-16)14-7-13/h3-7,10,14,16H,8-9H2,1-2H3. The molecule has 0 aliphatic rings. The van der Waals surface area contributed by atoms with E-state index in [0.29, 0.717) is 12.2 Å². The van der Waals surface area contributed by atoms with Gasteiger partial charge in [-0.3, -0.25) is 0 Å². The van der Waals surface area contributed by atoms with Gasteiger partial charge in [-0.05, 0) is 31.4 Å². The first-order chi connectivity index (χ1) is 9.45. The van der Waals surface area contributed by atoms with Crippen molar-refractivity contribution < 1.29 is 13.5 Å². The summed E-state index contributed by atoms with van der Waals surface area (Å²) in [6.07, 6.45) is 1.42. The predicted molar refractivity (Wildman–Crippen MR) is 78.9 cm³/mol. The maximum absolute atomic E-state index is 12.7. The Balaban J connectivity index is 2.32. The molecule has 0 aliphatic heterocycles. The Hall–Kier alpha value is -1.15. The molecule has 0 aromatic carbocycles. The first-order valence-corrected chi connectivity index (χ1v) is 8.59. The Bertz CT molecular complexity index is 645. The Morgan fingerprint density at radius 1 is 1.45 bits per heavy atom. The predicted octanol–water partition coefficient (Wildman–Crippen LogP) is 2.17. The van der Waals surface area contributed by atoms with Crippen molar-refractivity contribution >= 4 is 21.4 Å². The molecule has 2 N–H and O–H groups in total. The fourth-order valence-electron chi connectivity index (χ4n) is 1.90. The highest BCUT2D eigenvalue weighted by molar-refractivity contribution is 7.89. The average molecular weight is 314 g/mol. The molecule has 0 fully saturated rings. The van der Waals surface area contributed by atoms with Gasteiger partial charge in [-0.15, -0.1) is 11.3 Å². The number of hydrogen-bond acceptors (Lipinski definition) is 4. The minimum atomic E-state index is -3.57. The van der Waals surface area contributed by atoms with Crippen LogP contribution in [0.25, 0.3) is 0 Å². The van der Waals surface area contributed by atoms with E-state index in [-0.39, 0.29) is 17.5 Å². The van der Waals surface area contributed by atoms with Gasteiger partial charge in [-0.2, -0.15) is 4.31 Å². The van der Waals surface area contributed by atoms with Gasteiger partial charge in [0.15, 0.2) is 0 Å². The lowest BCUT2D eigenvalue weighted by molar-refractivity contribution is 0.277. The van der Waals surface area contributed by atoms with Gasteiger partial charge in [0.25, 0.3) is 0 Å². The smallest absolute Gasteiger partial charge is 0.245 e. The highest BCUT2D eigenvalue weighted by atomic mass is 32.2. The molecule has 0 bridgehead atoms. The molecular formula is C13H18N2O3S2. The van der Waals surface area contributed by atoms with Crippen molar-refractivity contribution in [3.8, 4) is 0 Å². The van der Waals surface area contributed by atoms with Crippen molar-refractivity contribution in [3.05, 3.63) is 40.3 Å². The van der Waals surface area contributed by atoms with Crippen LogP contribution in [0.5, 0.6) is 0 Å². The molecule has 0 unspecified atom stereocenters. The number of aromatic amines is 1. The third kappa shape index (κ3) is 3.12. The van der Waals surface area contributed by atoms with Crippen LogP contribution in [0.4, 0.5) is 0 Å². The molecule has 2 heterocycles. The molecule has 110 valence electrons. The molecule has 0 saturated heterocycles. The first-order valence-electron chi connectivity index (χ1n) is 6.27. The van der Waals surface area contributed by atoms with Crippen LogP contribution in [0.2, 0.25) is 0 Å². The lowest BCUT2D eigenvalue weighted by Gasteiger charge is -2.24. The highest BCUT2D eigenvalue weighted by Gasteiger charge is 2.28. The van der Waals surface area contributed by atoms with Crippen molar-refractivity contribution in [2.45, 2.75) is 37.9 Å². The number of sulfonamides is 1. The average Bonchev–Trinajstić information content (AvgIpc) is 3.06. The Morgan fingerprint density at radius 3 is 2.70 bits per heavy atom. The summed E-state index contributed by atoms with van der Waals surface area (Å²) in [5.74, 6) is 0. The second kappa shape index (κ2) is 6.09. The molecule has 0 saturated carbocycles. The molecule has 0 amide bonds. The second-order valence-corrected chi connectivity index (χ2v) is 7.66. The number of aromatic nitrogens is 1. The van der Waals surface area contributed by atoms with Gasteiger partial charge in [0, 0.05) is 29.4 Å². The van der Waals surface area contributed by atoms with Crippen LogP contribution in [0.1, 0.15) is 24.4 Å². The van der Waals surface area contributed by atoms with Gasteiger partial charge in [0.1, 0.15) is 0 Å². The topological polar surface area (TPSA) is 73.4 Å². The minimum absolute atomic E-state index is 0.144. The molecule has 0 atom stereocenters. The molecule has 2 aromatic heterocycles. The van der Waals surface area contributed by atoms with Crippen molar-refractivity contribution in [1.82, 2.24) is 9.29 Å². The number of nitrogens with zero attached hydrogens (tertiary/aromatic N) is 1. The number of aliphatic hydroxyl groups excluding tert-OH is 1. The number of rotatable bonds is 6. The molecule has 7 heteroatoms. The molecule has 2 rings (SSSR count). The van der Waals surface area contributed by atoms with E-state index < -0.39 is 10.0 Å². The zero-order valence-electron chi connectivity index (χ0n) is 11.4. The minimum Gasteiger partial charge on any atom is -0.390 e. The van der Waals surface area contributed by atoms with E-state index in [1.54, 1.807) is 0 Å². The third-order valence-electron chi connectivity index (χ3n) is 2.96. The molecule has 0 radical (unpaired) electrons. The number of thiophene rings is 1. The molecule has 0 spiro atoms. The van der Waals surface area contributed by atoms with E-state index in [0.717, 1.165) is 4.88 Å². The Kier molecular flexibility index (Phi) is 4.64. The van der Waals surface area contributed by atoms with Gasteiger partial charge >= 0.3 is 0 Å². The van der Waals surface area contributed by atoms with E-state index in [4.69, 9.17) is 5.11 Å². The highest BCUT2D eigenvalue weighted by Crippen LogP contribution is 2.23. The summed E-state index contributed by atoms with van der Waals surface area (Å²) in [7, 11) is -3.57. The summed E-state index contributed by atoms with van der Waals surface area (Å²) in [6.45, 7) is 3.86. The zero-order chi connectivity index (χ0) is 14.8. The maximum Gasteiger partial charge on any atom is 0.245 e. The lowest BCUT2D eigenvalue weighted by Crippen LogP contribution is -2.36. The van der Waals surface area contributed by atoms with E-state index in [9.17, 15) is 8.42 Å². The normalized spacial score (nSPS) is 12.4. The van der Waals surface area contributed by atoms with Crippen LogP contribution in [0.3, 0.4) is 0 Å². The summed E-state index contributed by atoms with van der Waals surface area (Å²) in [4.78, 5) is 3.95. The Labute approximate surface area is 122 Å². The monoisotopic (exact) mass is 314 g/mol.